The van der Waals surface area contributed by atoms with Gasteiger partial charge in [0.25, 0.3) is 0 Å². The molecule has 0 aromatic carbocycles. The Morgan fingerprint density at radius 3 is 2.59 bits per heavy atom. The molecule has 0 bridgehead atoms. The fourth-order valence-electron chi connectivity index (χ4n) is 8.68. The predicted molar refractivity (Wildman–Crippen MR) is 124 cm³/mol. The summed E-state index contributed by atoms with van der Waals surface area (Å²) in [7, 11) is 0. The topological polar surface area (TPSA) is 20.2 Å². The van der Waals surface area contributed by atoms with E-state index in [0.29, 0.717) is 5.41 Å². The first-order valence-electron chi connectivity index (χ1n) is 12.7. The van der Waals surface area contributed by atoms with E-state index in [1.54, 1.807) is 5.57 Å². The molecule has 4 aliphatic rings. The lowest BCUT2D eigenvalue weighted by atomic mass is 9.46. The Morgan fingerprint density at radius 1 is 1.10 bits per heavy atom. The molecular formula is C28H46O. The molecule has 1 nitrogen and oxygen atoms in total. The third kappa shape index (κ3) is 3.58. The van der Waals surface area contributed by atoms with E-state index in [1.165, 1.54) is 51.4 Å². The molecule has 0 saturated heterocycles. The van der Waals surface area contributed by atoms with E-state index < -0.39 is 0 Å². The molecule has 1 heteroatoms. The molecule has 0 amide bonds. The molecule has 1 unspecified atom stereocenters. The average Bonchev–Trinajstić information content (AvgIpc) is 3.00. The van der Waals surface area contributed by atoms with Gasteiger partial charge in [0.2, 0.25) is 0 Å². The highest BCUT2D eigenvalue weighted by atomic mass is 16.3. The van der Waals surface area contributed by atoms with Crippen molar-refractivity contribution in [1.82, 2.24) is 0 Å². The number of hydrogen-bond donors (Lipinski definition) is 1. The molecule has 8 atom stereocenters. The average molecular weight is 399 g/mol. The lowest BCUT2D eigenvalue weighted by molar-refractivity contribution is -0.0502. The van der Waals surface area contributed by atoms with Crippen molar-refractivity contribution in [2.75, 3.05) is 0 Å². The first-order valence-corrected chi connectivity index (χ1v) is 12.7. The summed E-state index contributed by atoms with van der Waals surface area (Å²) in [5.74, 6) is 5.24. The van der Waals surface area contributed by atoms with Crippen LogP contribution in [0.3, 0.4) is 0 Å². The largest absolute Gasteiger partial charge is 0.388 e. The first kappa shape index (κ1) is 21.7. The number of rotatable bonds is 5. The minimum absolute atomic E-state index is 0.265. The summed E-state index contributed by atoms with van der Waals surface area (Å²) in [5.41, 5.74) is 3.47. The fraction of sp³-hybridized carbons (Fsp3) is 0.857. The molecule has 3 saturated carbocycles. The van der Waals surface area contributed by atoms with Crippen LogP contribution in [0.25, 0.3) is 0 Å². The molecule has 164 valence electrons. The summed E-state index contributed by atoms with van der Waals surface area (Å²) < 4.78 is 0. The van der Waals surface area contributed by atoms with Crippen LogP contribution in [0.5, 0.6) is 0 Å². The van der Waals surface area contributed by atoms with Crippen molar-refractivity contribution >= 4 is 0 Å². The zero-order valence-electron chi connectivity index (χ0n) is 19.8. The zero-order chi connectivity index (χ0) is 21.0. The highest BCUT2D eigenvalue weighted by Crippen LogP contribution is 2.67. The smallest absolute Gasteiger partial charge is 0.0785 e. The molecule has 4 rings (SSSR count). The molecule has 0 aromatic rings. The third-order valence-electron chi connectivity index (χ3n) is 10.3. The van der Waals surface area contributed by atoms with E-state index in [-0.39, 0.29) is 11.5 Å². The second-order valence-electron chi connectivity index (χ2n) is 12.3. The quantitative estimate of drug-likeness (QED) is 0.474. The number of fused-ring (bicyclic) bond motifs is 5. The number of aliphatic hydroxyl groups is 1. The maximum Gasteiger partial charge on any atom is 0.0785 e. The van der Waals surface area contributed by atoms with Gasteiger partial charge in [-0.2, -0.15) is 0 Å². The molecular weight excluding hydrogens is 352 g/mol. The molecule has 0 spiro atoms. The summed E-state index contributed by atoms with van der Waals surface area (Å²) in [6.45, 7) is 16.7. The van der Waals surface area contributed by atoms with Crippen LogP contribution in [0.4, 0.5) is 0 Å². The van der Waals surface area contributed by atoms with Gasteiger partial charge in [-0.1, -0.05) is 72.1 Å². The van der Waals surface area contributed by atoms with Crippen LogP contribution in [-0.2, 0) is 0 Å². The lowest BCUT2D eigenvalue weighted by Gasteiger charge is -2.58. The molecule has 3 fully saturated rings. The summed E-state index contributed by atoms with van der Waals surface area (Å²) in [6, 6.07) is 0. The van der Waals surface area contributed by atoms with Crippen molar-refractivity contribution in [1.29, 1.82) is 0 Å². The van der Waals surface area contributed by atoms with Crippen LogP contribution in [0.1, 0.15) is 98.8 Å². The first-order chi connectivity index (χ1) is 13.7. The summed E-state index contributed by atoms with van der Waals surface area (Å²) in [6.07, 6.45) is 15.4. The normalized spacial score (nSPS) is 45.4. The van der Waals surface area contributed by atoms with E-state index in [9.17, 15) is 5.11 Å². The highest BCUT2D eigenvalue weighted by molar-refractivity contribution is 5.31. The van der Waals surface area contributed by atoms with Gasteiger partial charge in [-0.3, -0.25) is 0 Å². The molecule has 0 heterocycles. The van der Waals surface area contributed by atoms with Gasteiger partial charge in [0.1, 0.15) is 0 Å². The summed E-state index contributed by atoms with van der Waals surface area (Å²) in [4.78, 5) is 0. The Labute approximate surface area is 180 Å². The Morgan fingerprint density at radius 2 is 1.86 bits per heavy atom. The fourth-order valence-corrected chi connectivity index (χ4v) is 8.68. The van der Waals surface area contributed by atoms with E-state index in [0.717, 1.165) is 53.9 Å². The number of allylic oxidation sites excluding steroid dienone is 1. The number of aliphatic hydroxyl groups excluding tert-OH is 1. The number of hydrogen-bond acceptors (Lipinski definition) is 1. The van der Waals surface area contributed by atoms with Gasteiger partial charge in [0.15, 0.2) is 0 Å². The Balaban J connectivity index is 1.51. The molecule has 1 N–H and O–H groups in total. The van der Waals surface area contributed by atoms with Gasteiger partial charge in [-0.25, -0.2) is 0 Å². The van der Waals surface area contributed by atoms with Crippen LogP contribution in [0.15, 0.2) is 23.8 Å². The zero-order valence-corrected chi connectivity index (χ0v) is 19.8. The van der Waals surface area contributed by atoms with Crippen molar-refractivity contribution < 1.29 is 5.11 Å². The highest BCUT2D eigenvalue weighted by Gasteiger charge is 2.59. The maximum atomic E-state index is 10.4. The van der Waals surface area contributed by atoms with Crippen LogP contribution in [0.2, 0.25) is 0 Å². The molecule has 0 aliphatic heterocycles. The van der Waals surface area contributed by atoms with Gasteiger partial charge in [-0.15, -0.1) is 0 Å². The van der Waals surface area contributed by atoms with Crippen LogP contribution in [-0.4, -0.2) is 11.2 Å². The van der Waals surface area contributed by atoms with E-state index >= 15 is 0 Å². The predicted octanol–water partition coefficient (Wildman–Crippen LogP) is 7.55. The lowest BCUT2D eigenvalue weighted by Crippen LogP contribution is -2.51. The second-order valence-corrected chi connectivity index (χ2v) is 12.3. The monoisotopic (exact) mass is 398 g/mol. The SMILES string of the molecule is C=C1C[C@@]2(C)C(=CC[C@H]3[C@@H]4CC[C@H]([C@H](C)CCCC(C)C)[C@@]4(C)CC[C@@H]32)CC1O. The molecule has 0 radical (unpaired) electrons. The van der Waals surface area contributed by atoms with Crippen molar-refractivity contribution in [2.45, 2.75) is 105 Å². The Hall–Kier alpha value is -0.560. The van der Waals surface area contributed by atoms with Crippen LogP contribution >= 0.6 is 0 Å². The van der Waals surface area contributed by atoms with Gasteiger partial charge < -0.3 is 5.11 Å². The van der Waals surface area contributed by atoms with Gasteiger partial charge in [-0.05, 0) is 96.9 Å². The van der Waals surface area contributed by atoms with E-state index in [1.807, 2.05) is 0 Å². The maximum absolute atomic E-state index is 10.4. The van der Waals surface area contributed by atoms with Crippen molar-refractivity contribution in [3.63, 3.8) is 0 Å². The van der Waals surface area contributed by atoms with Crippen molar-refractivity contribution in [2.24, 2.45) is 46.3 Å². The standard InChI is InChI=1S/C28H46O/c1-18(2)8-7-9-19(3)23-12-13-24-22-11-10-21-16-26(29)20(4)17-28(21,6)25(22)14-15-27(23,24)5/h10,18-19,22-26,29H,4,7-9,11-17H2,1-3,5-6H3/t19-,22+,23-,24+,25+,26?,27-,28+/m1/s1. The van der Waals surface area contributed by atoms with Gasteiger partial charge >= 0.3 is 0 Å². The van der Waals surface area contributed by atoms with Gasteiger partial charge in [0.05, 0.1) is 6.10 Å². The van der Waals surface area contributed by atoms with E-state index in [4.69, 9.17) is 0 Å². The molecule has 4 aliphatic carbocycles. The minimum Gasteiger partial charge on any atom is -0.388 e. The van der Waals surface area contributed by atoms with Crippen molar-refractivity contribution in [3.05, 3.63) is 23.8 Å². The van der Waals surface area contributed by atoms with Crippen LogP contribution in [0, 0.1) is 46.3 Å². The summed E-state index contributed by atoms with van der Waals surface area (Å²) in [5, 5.41) is 10.4. The van der Waals surface area contributed by atoms with Gasteiger partial charge in [0, 0.05) is 0 Å². The molecule has 0 aromatic heterocycles. The van der Waals surface area contributed by atoms with Crippen molar-refractivity contribution in [3.8, 4) is 0 Å². The minimum atomic E-state index is -0.303. The Bertz CT molecular complexity index is 659. The summed E-state index contributed by atoms with van der Waals surface area (Å²) >= 11 is 0. The molecule has 29 heavy (non-hydrogen) atoms. The third-order valence-corrected chi connectivity index (χ3v) is 10.3. The Kier molecular flexibility index (Phi) is 5.86. The van der Waals surface area contributed by atoms with Crippen LogP contribution < -0.4 is 0 Å². The second kappa shape index (κ2) is 7.85. The van der Waals surface area contributed by atoms with E-state index in [2.05, 4.69) is 47.3 Å².